The summed E-state index contributed by atoms with van der Waals surface area (Å²) in [5.41, 5.74) is 3.17. The molecule has 0 saturated carbocycles. The molecule has 7 heteroatoms. The minimum Gasteiger partial charge on any atom is -0.331 e. The summed E-state index contributed by atoms with van der Waals surface area (Å²) in [6.07, 6.45) is 1.92. The number of aromatic nitrogens is 2. The number of benzene rings is 2. The maximum absolute atomic E-state index is 6.13. The van der Waals surface area contributed by atoms with Crippen molar-refractivity contribution in [2.45, 2.75) is 13.5 Å². The molecule has 0 aliphatic carbocycles. The molecule has 25 heavy (non-hydrogen) atoms. The highest BCUT2D eigenvalue weighted by Crippen LogP contribution is 2.23. The van der Waals surface area contributed by atoms with E-state index in [1.807, 2.05) is 29.1 Å². The molecule has 0 spiro atoms. The van der Waals surface area contributed by atoms with Gasteiger partial charge in [-0.2, -0.15) is 5.10 Å². The average Bonchev–Trinajstić information content (AvgIpc) is 2.91. The molecule has 128 valence electrons. The maximum atomic E-state index is 6.13. The molecule has 0 amide bonds. The fourth-order valence-electron chi connectivity index (χ4n) is 2.27. The van der Waals surface area contributed by atoms with Crippen molar-refractivity contribution in [1.82, 2.24) is 9.78 Å². The predicted octanol–water partition coefficient (Wildman–Crippen LogP) is 5.46. The van der Waals surface area contributed by atoms with Gasteiger partial charge in [-0.1, -0.05) is 53.6 Å². The summed E-state index contributed by atoms with van der Waals surface area (Å²) in [5, 5.41) is 11.7. The van der Waals surface area contributed by atoms with E-state index in [9.17, 15) is 0 Å². The lowest BCUT2D eigenvalue weighted by atomic mass is 10.1. The van der Waals surface area contributed by atoms with Crippen LogP contribution in [0.1, 0.15) is 11.1 Å². The number of rotatable bonds is 4. The summed E-state index contributed by atoms with van der Waals surface area (Å²) >= 11 is 15.0. The monoisotopic (exact) mass is 434 g/mol. The molecule has 1 heterocycles. The number of nitrogens with one attached hydrogen (secondary N) is 2. The summed E-state index contributed by atoms with van der Waals surface area (Å²) in [4.78, 5) is 0. The van der Waals surface area contributed by atoms with Gasteiger partial charge in [0.25, 0.3) is 0 Å². The zero-order chi connectivity index (χ0) is 17.8. The van der Waals surface area contributed by atoms with Gasteiger partial charge in [-0.3, -0.25) is 4.68 Å². The first-order valence-corrected chi connectivity index (χ1v) is 9.20. The third kappa shape index (κ3) is 4.81. The lowest BCUT2D eigenvalue weighted by molar-refractivity contribution is 0.689. The molecule has 0 unspecified atom stereocenters. The normalized spacial score (nSPS) is 10.5. The number of hydrogen-bond acceptors (Lipinski definition) is 2. The van der Waals surface area contributed by atoms with E-state index < -0.39 is 0 Å². The van der Waals surface area contributed by atoms with Crippen LogP contribution in [0.2, 0.25) is 5.02 Å². The number of halogens is 2. The largest absolute Gasteiger partial charge is 0.331 e. The second-order valence-corrected chi connectivity index (χ2v) is 7.24. The van der Waals surface area contributed by atoms with Crippen LogP contribution in [0.25, 0.3) is 0 Å². The van der Waals surface area contributed by atoms with Gasteiger partial charge >= 0.3 is 0 Å². The van der Waals surface area contributed by atoms with Crippen molar-refractivity contribution >= 4 is 56.4 Å². The van der Waals surface area contributed by atoms with E-state index in [-0.39, 0.29) is 0 Å². The Morgan fingerprint density at radius 1 is 1.16 bits per heavy atom. The zero-order valence-corrected chi connectivity index (χ0v) is 16.6. The van der Waals surface area contributed by atoms with Crippen LogP contribution in [0.15, 0.2) is 59.2 Å². The van der Waals surface area contributed by atoms with Crippen molar-refractivity contribution in [3.63, 3.8) is 0 Å². The minimum atomic E-state index is 0.425. The van der Waals surface area contributed by atoms with Crippen molar-refractivity contribution in [2.24, 2.45) is 0 Å². The second-order valence-electron chi connectivity index (χ2n) is 5.57. The van der Waals surface area contributed by atoms with E-state index >= 15 is 0 Å². The van der Waals surface area contributed by atoms with Gasteiger partial charge in [0.15, 0.2) is 10.9 Å². The Balaban J connectivity index is 1.67. The van der Waals surface area contributed by atoms with Crippen LogP contribution in [0.3, 0.4) is 0 Å². The Hall–Kier alpha value is -1.89. The van der Waals surface area contributed by atoms with Gasteiger partial charge in [0.1, 0.15) is 0 Å². The number of thiocarbonyl (C=S) groups is 1. The molecule has 3 rings (SSSR count). The molecule has 2 aromatic carbocycles. The first-order chi connectivity index (χ1) is 12.0. The second kappa shape index (κ2) is 7.99. The van der Waals surface area contributed by atoms with E-state index in [1.54, 1.807) is 6.07 Å². The first kappa shape index (κ1) is 17.9. The molecule has 0 bridgehead atoms. The Bertz CT molecular complexity index is 892. The molecular weight excluding hydrogens is 420 g/mol. The number of nitrogens with zero attached hydrogens (tertiary/aromatic N) is 2. The number of aryl methyl sites for hydroxylation is 1. The standard InChI is InChI=1S/C18H16BrClN4S/c1-12-6-8-13(9-7-12)10-24-11-14(19)17(23-24)22-18(25)21-16-5-3-2-4-15(16)20/h2-9,11H,10H2,1H3,(H2,21,22,23,25). The predicted molar refractivity (Wildman–Crippen MR) is 112 cm³/mol. The van der Waals surface area contributed by atoms with Crippen molar-refractivity contribution in [3.05, 3.63) is 75.4 Å². The van der Waals surface area contributed by atoms with Gasteiger partial charge in [-0.25, -0.2) is 0 Å². The van der Waals surface area contributed by atoms with Crippen LogP contribution in [0.5, 0.6) is 0 Å². The molecule has 3 aromatic rings. The van der Waals surface area contributed by atoms with Crippen molar-refractivity contribution < 1.29 is 0 Å². The third-order valence-corrected chi connectivity index (χ3v) is 4.65. The number of para-hydroxylation sites is 1. The first-order valence-electron chi connectivity index (χ1n) is 7.62. The van der Waals surface area contributed by atoms with Gasteiger partial charge in [-0.05, 0) is 52.8 Å². The smallest absolute Gasteiger partial charge is 0.176 e. The molecule has 0 aliphatic rings. The quantitative estimate of drug-likeness (QED) is 0.534. The lowest BCUT2D eigenvalue weighted by Crippen LogP contribution is -2.20. The van der Waals surface area contributed by atoms with E-state index in [0.29, 0.717) is 22.5 Å². The third-order valence-electron chi connectivity index (χ3n) is 3.54. The molecule has 0 radical (unpaired) electrons. The Labute approximate surface area is 165 Å². The van der Waals surface area contributed by atoms with Gasteiger partial charge in [0, 0.05) is 6.20 Å². The maximum Gasteiger partial charge on any atom is 0.176 e. The molecule has 0 saturated heterocycles. The highest BCUT2D eigenvalue weighted by molar-refractivity contribution is 9.10. The summed E-state index contributed by atoms with van der Waals surface area (Å²) in [7, 11) is 0. The summed E-state index contributed by atoms with van der Waals surface area (Å²) in [5.74, 6) is 0.650. The van der Waals surface area contributed by atoms with E-state index in [4.69, 9.17) is 23.8 Å². The Kier molecular flexibility index (Phi) is 5.73. The highest BCUT2D eigenvalue weighted by Gasteiger charge is 2.09. The topological polar surface area (TPSA) is 41.9 Å². The molecule has 4 nitrogen and oxygen atoms in total. The molecule has 0 fully saturated rings. The van der Waals surface area contributed by atoms with E-state index in [0.717, 1.165) is 10.2 Å². The summed E-state index contributed by atoms with van der Waals surface area (Å²) in [6, 6.07) is 15.8. The highest BCUT2D eigenvalue weighted by atomic mass is 79.9. The number of anilines is 2. The number of hydrogen-bond donors (Lipinski definition) is 2. The van der Waals surface area contributed by atoms with Gasteiger partial charge < -0.3 is 10.6 Å². The van der Waals surface area contributed by atoms with Crippen molar-refractivity contribution in [2.75, 3.05) is 10.6 Å². The Morgan fingerprint density at radius 2 is 1.88 bits per heavy atom. The van der Waals surface area contributed by atoms with Gasteiger partial charge in [0.2, 0.25) is 0 Å². The van der Waals surface area contributed by atoms with Crippen LogP contribution in [-0.4, -0.2) is 14.9 Å². The fraction of sp³-hybridized carbons (Fsp3) is 0.111. The van der Waals surface area contributed by atoms with Crippen molar-refractivity contribution in [1.29, 1.82) is 0 Å². The van der Waals surface area contributed by atoms with Gasteiger partial charge in [0.05, 0.1) is 21.7 Å². The van der Waals surface area contributed by atoms with Crippen LogP contribution in [0.4, 0.5) is 11.5 Å². The molecule has 0 atom stereocenters. The van der Waals surface area contributed by atoms with Crippen molar-refractivity contribution in [3.8, 4) is 0 Å². The molecule has 0 aliphatic heterocycles. The lowest BCUT2D eigenvalue weighted by Gasteiger charge is -2.10. The van der Waals surface area contributed by atoms with Crippen LogP contribution >= 0.6 is 39.7 Å². The van der Waals surface area contributed by atoms with Crippen LogP contribution < -0.4 is 10.6 Å². The fourth-order valence-corrected chi connectivity index (χ4v) is 3.07. The average molecular weight is 436 g/mol. The molecule has 1 aromatic heterocycles. The van der Waals surface area contributed by atoms with Crippen LogP contribution in [-0.2, 0) is 6.54 Å². The molecule has 2 N–H and O–H groups in total. The zero-order valence-electron chi connectivity index (χ0n) is 13.5. The summed E-state index contributed by atoms with van der Waals surface area (Å²) < 4.78 is 2.69. The van der Waals surface area contributed by atoms with Crippen LogP contribution in [0, 0.1) is 6.92 Å². The summed E-state index contributed by atoms with van der Waals surface area (Å²) in [6.45, 7) is 2.76. The van der Waals surface area contributed by atoms with E-state index in [2.05, 4.69) is 62.9 Å². The molecular formula is C18H16BrClN4S. The SMILES string of the molecule is Cc1ccc(Cn2cc(Br)c(NC(=S)Nc3ccccc3Cl)n2)cc1. The Morgan fingerprint density at radius 3 is 2.60 bits per heavy atom. The minimum absolute atomic E-state index is 0.425. The van der Waals surface area contributed by atoms with Gasteiger partial charge in [-0.15, -0.1) is 0 Å². The van der Waals surface area contributed by atoms with E-state index in [1.165, 1.54) is 11.1 Å².